The Labute approximate surface area is 78.1 Å². The summed E-state index contributed by atoms with van der Waals surface area (Å²) >= 11 is 0. The Bertz CT molecular complexity index is 149. The molecule has 0 bridgehead atoms. The van der Waals surface area contributed by atoms with E-state index >= 15 is 0 Å². The van der Waals surface area contributed by atoms with Gasteiger partial charge >= 0.3 is 0 Å². The summed E-state index contributed by atoms with van der Waals surface area (Å²) in [5.41, 5.74) is 0. The van der Waals surface area contributed by atoms with E-state index in [1.807, 2.05) is 0 Å². The lowest BCUT2D eigenvalue weighted by Gasteiger charge is -2.28. The third kappa shape index (κ3) is 3.87. The monoisotopic (exact) mass is 188 g/mol. The van der Waals surface area contributed by atoms with Gasteiger partial charge in [0.25, 0.3) is 0 Å². The van der Waals surface area contributed by atoms with Gasteiger partial charge in [0.05, 0.1) is 33.0 Å². The van der Waals surface area contributed by atoms with Gasteiger partial charge in [0.15, 0.2) is 0 Å². The smallest absolute Gasteiger partial charge is 0.105 e. The Morgan fingerprint density at radius 1 is 1.46 bits per heavy atom. The number of hydrogen-bond donors (Lipinski definition) is 1. The van der Waals surface area contributed by atoms with Gasteiger partial charge in [0.1, 0.15) is 12.2 Å². The molecule has 1 rings (SSSR count). The highest BCUT2D eigenvalue weighted by atomic mass is 16.6. The van der Waals surface area contributed by atoms with Crippen molar-refractivity contribution in [3.8, 4) is 0 Å². The van der Waals surface area contributed by atoms with Crippen molar-refractivity contribution in [1.82, 2.24) is 0 Å². The van der Waals surface area contributed by atoms with Crippen LogP contribution in [0.4, 0.5) is 0 Å². The second-order valence-corrected chi connectivity index (χ2v) is 2.93. The zero-order valence-corrected chi connectivity index (χ0v) is 7.65. The summed E-state index contributed by atoms with van der Waals surface area (Å²) in [6, 6.07) is 0. The van der Waals surface area contributed by atoms with Crippen LogP contribution in [0.2, 0.25) is 0 Å². The summed E-state index contributed by atoms with van der Waals surface area (Å²) in [5.74, 6) is 0. The van der Waals surface area contributed by atoms with E-state index in [0.717, 1.165) is 0 Å². The molecule has 1 saturated heterocycles. The number of rotatable bonds is 5. The van der Waals surface area contributed by atoms with Gasteiger partial charge in [-0.1, -0.05) is 6.08 Å². The molecule has 0 amide bonds. The van der Waals surface area contributed by atoms with Crippen LogP contribution in [0.25, 0.3) is 0 Å². The van der Waals surface area contributed by atoms with E-state index in [1.165, 1.54) is 0 Å². The van der Waals surface area contributed by atoms with Gasteiger partial charge in [0.2, 0.25) is 0 Å². The molecule has 13 heavy (non-hydrogen) atoms. The van der Waals surface area contributed by atoms with E-state index in [-0.39, 0.29) is 18.8 Å². The van der Waals surface area contributed by atoms with Gasteiger partial charge < -0.3 is 19.3 Å². The van der Waals surface area contributed by atoms with Crippen molar-refractivity contribution in [3.63, 3.8) is 0 Å². The number of aliphatic hydroxyl groups is 1. The predicted molar refractivity (Wildman–Crippen MR) is 47.6 cm³/mol. The van der Waals surface area contributed by atoms with Gasteiger partial charge in [-0.2, -0.15) is 0 Å². The molecular formula is C9H16O4. The van der Waals surface area contributed by atoms with Gasteiger partial charge in [-0.05, 0) is 0 Å². The van der Waals surface area contributed by atoms with Gasteiger partial charge in [-0.25, -0.2) is 0 Å². The van der Waals surface area contributed by atoms with E-state index in [4.69, 9.17) is 19.3 Å². The first-order valence-electron chi connectivity index (χ1n) is 4.39. The first-order chi connectivity index (χ1) is 6.36. The summed E-state index contributed by atoms with van der Waals surface area (Å²) in [6.45, 7) is 5.54. The molecule has 2 unspecified atom stereocenters. The van der Waals surface area contributed by atoms with Gasteiger partial charge in [-0.3, -0.25) is 0 Å². The molecule has 2 atom stereocenters. The number of aliphatic hydroxyl groups excluding tert-OH is 1. The quantitative estimate of drug-likeness (QED) is 0.486. The maximum Gasteiger partial charge on any atom is 0.105 e. The van der Waals surface area contributed by atoms with Crippen molar-refractivity contribution in [1.29, 1.82) is 0 Å². The van der Waals surface area contributed by atoms with Crippen LogP contribution in [0, 0.1) is 0 Å². The SMILES string of the molecule is C=CCOCC1COCC(CO)O1. The minimum absolute atomic E-state index is 0.00203. The normalized spacial score (nSPS) is 28.7. The van der Waals surface area contributed by atoms with Crippen molar-refractivity contribution in [2.75, 3.05) is 33.0 Å². The predicted octanol–water partition coefficient (Wildman–Crippen LogP) is -0.0347. The van der Waals surface area contributed by atoms with Crippen LogP contribution in [0.5, 0.6) is 0 Å². The Kier molecular flexibility index (Phi) is 5.00. The molecule has 0 aliphatic carbocycles. The van der Waals surface area contributed by atoms with Crippen molar-refractivity contribution in [2.45, 2.75) is 12.2 Å². The molecule has 4 heteroatoms. The van der Waals surface area contributed by atoms with Crippen LogP contribution < -0.4 is 0 Å². The second-order valence-electron chi connectivity index (χ2n) is 2.93. The molecule has 1 fully saturated rings. The largest absolute Gasteiger partial charge is 0.394 e. The Morgan fingerprint density at radius 2 is 2.23 bits per heavy atom. The van der Waals surface area contributed by atoms with Crippen molar-refractivity contribution in [2.24, 2.45) is 0 Å². The summed E-state index contributed by atoms with van der Waals surface area (Å²) in [4.78, 5) is 0. The maximum atomic E-state index is 8.82. The van der Waals surface area contributed by atoms with Gasteiger partial charge in [0, 0.05) is 0 Å². The van der Waals surface area contributed by atoms with E-state index < -0.39 is 0 Å². The molecule has 0 radical (unpaired) electrons. The molecule has 1 aliphatic heterocycles. The molecule has 4 nitrogen and oxygen atoms in total. The van der Waals surface area contributed by atoms with E-state index in [1.54, 1.807) is 6.08 Å². The van der Waals surface area contributed by atoms with Crippen LogP contribution >= 0.6 is 0 Å². The van der Waals surface area contributed by atoms with Crippen LogP contribution in [0.15, 0.2) is 12.7 Å². The van der Waals surface area contributed by atoms with Crippen molar-refractivity contribution in [3.05, 3.63) is 12.7 Å². The van der Waals surface area contributed by atoms with Crippen molar-refractivity contribution < 1.29 is 19.3 Å². The Balaban J connectivity index is 2.14. The van der Waals surface area contributed by atoms with Gasteiger partial charge in [-0.15, -0.1) is 6.58 Å². The second kappa shape index (κ2) is 6.10. The lowest BCUT2D eigenvalue weighted by atomic mass is 10.3. The third-order valence-corrected chi connectivity index (χ3v) is 1.74. The molecule has 1 N–H and O–H groups in total. The Morgan fingerprint density at radius 3 is 2.92 bits per heavy atom. The molecule has 1 heterocycles. The molecular weight excluding hydrogens is 172 g/mol. The third-order valence-electron chi connectivity index (χ3n) is 1.74. The zero-order chi connectivity index (χ0) is 9.52. The summed E-state index contributed by atoms with van der Waals surface area (Å²) in [7, 11) is 0. The minimum atomic E-state index is -0.203. The average Bonchev–Trinajstić information content (AvgIpc) is 2.19. The highest BCUT2D eigenvalue weighted by Crippen LogP contribution is 2.07. The molecule has 76 valence electrons. The minimum Gasteiger partial charge on any atom is -0.394 e. The molecule has 1 aliphatic rings. The Hall–Kier alpha value is -0.420. The van der Waals surface area contributed by atoms with Crippen LogP contribution in [-0.4, -0.2) is 50.3 Å². The zero-order valence-electron chi connectivity index (χ0n) is 7.65. The van der Waals surface area contributed by atoms with E-state index in [0.29, 0.717) is 26.4 Å². The molecule has 0 aromatic rings. The van der Waals surface area contributed by atoms with Crippen LogP contribution in [0.3, 0.4) is 0 Å². The van der Waals surface area contributed by atoms with Crippen LogP contribution in [0.1, 0.15) is 0 Å². The highest BCUT2D eigenvalue weighted by molar-refractivity contribution is 4.69. The molecule has 0 saturated carbocycles. The first-order valence-corrected chi connectivity index (χ1v) is 4.39. The highest BCUT2D eigenvalue weighted by Gasteiger charge is 2.22. The summed E-state index contributed by atoms with van der Waals surface area (Å²) in [6.07, 6.45) is 1.42. The van der Waals surface area contributed by atoms with Crippen molar-refractivity contribution >= 4 is 0 Å². The summed E-state index contributed by atoms with van der Waals surface area (Å²) < 4.78 is 15.9. The number of ether oxygens (including phenoxy) is 3. The lowest BCUT2D eigenvalue weighted by molar-refractivity contribution is -0.166. The fraction of sp³-hybridized carbons (Fsp3) is 0.778. The van der Waals surface area contributed by atoms with E-state index in [2.05, 4.69) is 6.58 Å². The summed E-state index contributed by atoms with van der Waals surface area (Å²) in [5, 5.41) is 8.82. The maximum absolute atomic E-state index is 8.82. The fourth-order valence-electron chi connectivity index (χ4n) is 1.15. The fourth-order valence-corrected chi connectivity index (χ4v) is 1.15. The molecule has 0 aromatic carbocycles. The average molecular weight is 188 g/mol. The lowest BCUT2D eigenvalue weighted by Crippen LogP contribution is -2.40. The molecule has 0 spiro atoms. The topological polar surface area (TPSA) is 47.9 Å². The van der Waals surface area contributed by atoms with E-state index in [9.17, 15) is 0 Å². The number of hydrogen-bond acceptors (Lipinski definition) is 4. The molecule has 0 aromatic heterocycles. The first kappa shape index (κ1) is 10.7. The van der Waals surface area contributed by atoms with Crippen LogP contribution in [-0.2, 0) is 14.2 Å². The standard InChI is InChI=1S/C9H16O4/c1-2-3-11-6-9-7-12-5-8(4-10)13-9/h2,8-10H,1,3-7H2.